The fourth-order valence-electron chi connectivity index (χ4n) is 3.76. The molecule has 0 heterocycles. The third kappa shape index (κ3) is 2.86. The molecular weight excluding hydrogens is 261 g/mol. The van der Waals surface area contributed by atoms with Crippen LogP contribution in [0.3, 0.4) is 0 Å². The summed E-state index contributed by atoms with van der Waals surface area (Å²) >= 11 is 0. The molecule has 0 radical (unpaired) electrons. The van der Waals surface area contributed by atoms with Crippen molar-refractivity contribution in [2.24, 2.45) is 5.73 Å². The Labute approximate surface area is 126 Å². The SMILES string of the molecule is NC(Cc1cccc(F)c1)C1(c2ccccc2)CCCC1. The summed E-state index contributed by atoms with van der Waals surface area (Å²) in [6, 6.07) is 17.5. The van der Waals surface area contributed by atoms with Gasteiger partial charge in [-0.1, -0.05) is 55.3 Å². The van der Waals surface area contributed by atoms with Gasteiger partial charge in [-0.2, -0.15) is 0 Å². The Hall–Kier alpha value is -1.67. The van der Waals surface area contributed by atoms with Crippen molar-refractivity contribution < 1.29 is 4.39 Å². The van der Waals surface area contributed by atoms with Gasteiger partial charge in [-0.25, -0.2) is 4.39 Å². The standard InChI is InChI=1S/C19H22FN/c20-17-10-6-7-15(13-17)14-18(21)19(11-4-5-12-19)16-8-2-1-3-9-16/h1-3,6-10,13,18H,4-5,11-12,14,21H2. The second-order valence-corrected chi connectivity index (χ2v) is 6.17. The highest BCUT2D eigenvalue weighted by Gasteiger charge is 2.40. The van der Waals surface area contributed by atoms with Gasteiger partial charge in [-0.15, -0.1) is 0 Å². The molecule has 0 aromatic heterocycles. The lowest BCUT2D eigenvalue weighted by Gasteiger charge is -2.36. The molecule has 2 N–H and O–H groups in total. The topological polar surface area (TPSA) is 26.0 Å². The molecular formula is C19H22FN. The molecule has 2 heteroatoms. The first-order chi connectivity index (χ1) is 10.2. The summed E-state index contributed by atoms with van der Waals surface area (Å²) in [6.45, 7) is 0. The molecule has 1 atom stereocenters. The van der Waals surface area contributed by atoms with Crippen LogP contribution in [0.1, 0.15) is 36.8 Å². The smallest absolute Gasteiger partial charge is 0.123 e. The first kappa shape index (κ1) is 14.3. The minimum Gasteiger partial charge on any atom is -0.327 e. The fourth-order valence-corrected chi connectivity index (χ4v) is 3.76. The second kappa shape index (κ2) is 5.98. The van der Waals surface area contributed by atoms with E-state index in [4.69, 9.17) is 5.73 Å². The number of hydrogen-bond donors (Lipinski definition) is 1. The predicted molar refractivity (Wildman–Crippen MR) is 84.7 cm³/mol. The Kier molecular flexibility index (Phi) is 4.07. The molecule has 0 spiro atoms. The zero-order valence-corrected chi connectivity index (χ0v) is 12.3. The van der Waals surface area contributed by atoms with E-state index >= 15 is 0 Å². The molecule has 2 aromatic carbocycles. The first-order valence-electron chi connectivity index (χ1n) is 7.76. The van der Waals surface area contributed by atoms with Crippen molar-refractivity contribution in [3.63, 3.8) is 0 Å². The maximum Gasteiger partial charge on any atom is 0.123 e. The Bertz CT molecular complexity index is 588. The predicted octanol–water partition coefficient (Wildman–Crippen LogP) is 4.21. The van der Waals surface area contributed by atoms with E-state index in [1.807, 2.05) is 12.1 Å². The van der Waals surface area contributed by atoms with Crippen LogP contribution in [0, 0.1) is 5.82 Å². The van der Waals surface area contributed by atoms with Gasteiger partial charge in [-0.3, -0.25) is 0 Å². The number of halogens is 1. The molecule has 1 aliphatic carbocycles. The second-order valence-electron chi connectivity index (χ2n) is 6.17. The molecule has 1 saturated carbocycles. The van der Waals surface area contributed by atoms with Gasteiger partial charge in [0, 0.05) is 11.5 Å². The minimum atomic E-state index is -0.181. The van der Waals surface area contributed by atoms with Crippen LogP contribution in [-0.2, 0) is 11.8 Å². The lowest BCUT2D eigenvalue weighted by Crippen LogP contribution is -2.45. The molecule has 3 rings (SSSR count). The Morgan fingerprint density at radius 3 is 2.38 bits per heavy atom. The van der Waals surface area contributed by atoms with Gasteiger partial charge in [0.05, 0.1) is 0 Å². The van der Waals surface area contributed by atoms with Crippen LogP contribution in [0.4, 0.5) is 4.39 Å². The van der Waals surface area contributed by atoms with Gasteiger partial charge in [0.25, 0.3) is 0 Å². The number of rotatable bonds is 4. The van der Waals surface area contributed by atoms with Gasteiger partial charge >= 0.3 is 0 Å². The van der Waals surface area contributed by atoms with E-state index in [2.05, 4.69) is 24.3 Å². The molecule has 110 valence electrons. The molecule has 0 aliphatic heterocycles. The Morgan fingerprint density at radius 1 is 1.00 bits per heavy atom. The van der Waals surface area contributed by atoms with Gasteiger partial charge < -0.3 is 5.73 Å². The molecule has 2 aromatic rings. The van der Waals surface area contributed by atoms with E-state index < -0.39 is 0 Å². The number of hydrogen-bond acceptors (Lipinski definition) is 1. The molecule has 1 aliphatic rings. The molecule has 0 saturated heterocycles. The first-order valence-corrected chi connectivity index (χ1v) is 7.76. The number of benzene rings is 2. The summed E-state index contributed by atoms with van der Waals surface area (Å²) < 4.78 is 13.4. The lowest BCUT2D eigenvalue weighted by atomic mass is 9.71. The van der Waals surface area contributed by atoms with E-state index in [1.54, 1.807) is 12.1 Å². The van der Waals surface area contributed by atoms with E-state index in [0.717, 1.165) is 24.8 Å². The van der Waals surface area contributed by atoms with Crippen LogP contribution in [0.2, 0.25) is 0 Å². The zero-order chi connectivity index (χ0) is 14.7. The Balaban J connectivity index is 1.87. The average molecular weight is 283 g/mol. The van der Waals surface area contributed by atoms with Crippen molar-refractivity contribution in [3.05, 3.63) is 71.5 Å². The van der Waals surface area contributed by atoms with Crippen molar-refractivity contribution in [1.29, 1.82) is 0 Å². The number of nitrogens with two attached hydrogens (primary N) is 1. The van der Waals surface area contributed by atoms with Crippen LogP contribution in [0.15, 0.2) is 54.6 Å². The summed E-state index contributed by atoms with van der Waals surface area (Å²) in [7, 11) is 0. The van der Waals surface area contributed by atoms with Crippen LogP contribution in [0.5, 0.6) is 0 Å². The highest BCUT2D eigenvalue weighted by molar-refractivity contribution is 5.30. The van der Waals surface area contributed by atoms with Crippen molar-refractivity contribution in [2.75, 3.05) is 0 Å². The highest BCUT2D eigenvalue weighted by Crippen LogP contribution is 2.43. The van der Waals surface area contributed by atoms with Gasteiger partial charge in [0.2, 0.25) is 0 Å². The Morgan fingerprint density at radius 2 is 1.71 bits per heavy atom. The van der Waals surface area contributed by atoms with Crippen LogP contribution < -0.4 is 5.73 Å². The third-order valence-electron chi connectivity index (χ3n) is 4.90. The highest BCUT2D eigenvalue weighted by atomic mass is 19.1. The lowest BCUT2D eigenvalue weighted by molar-refractivity contribution is 0.347. The van der Waals surface area contributed by atoms with Gasteiger partial charge in [0.1, 0.15) is 5.82 Å². The molecule has 0 bridgehead atoms. The van der Waals surface area contributed by atoms with E-state index in [9.17, 15) is 4.39 Å². The van der Waals surface area contributed by atoms with Crippen LogP contribution in [-0.4, -0.2) is 6.04 Å². The quantitative estimate of drug-likeness (QED) is 0.893. The molecule has 0 amide bonds. The largest absolute Gasteiger partial charge is 0.327 e. The van der Waals surface area contributed by atoms with Crippen molar-refractivity contribution in [3.8, 4) is 0 Å². The monoisotopic (exact) mass is 283 g/mol. The molecule has 1 nitrogen and oxygen atoms in total. The molecule has 1 unspecified atom stereocenters. The van der Waals surface area contributed by atoms with Crippen LogP contribution in [0.25, 0.3) is 0 Å². The fraction of sp³-hybridized carbons (Fsp3) is 0.368. The van der Waals surface area contributed by atoms with E-state index in [1.165, 1.54) is 24.5 Å². The summed E-state index contributed by atoms with van der Waals surface area (Å²) in [4.78, 5) is 0. The van der Waals surface area contributed by atoms with E-state index in [0.29, 0.717) is 0 Å². The van der Waals surface area contributed by atoms with Crippen molar-refractivity contribution in [2.45, 2.75) is 43.6 Å². The third-order valence-corrected chi connectivity index (χ3v) is 4.90. The summed E-state index contributed by atoms with van der Waals surface area (Å²) in [6.07, 6.45) is 5.45. The normalized spacial score (nSPS) is 18.6. The van der Waals surface area contributed by atoms with Crippen molar-refractivity contribution >= 4 is 0 Å². The zero-order valence-electron chi connectivity index (χ0n) is 12.3. The molecule has 1 fully saturated rings. The van der Waals surface area contributed by atoms with Crippen LogP contribution >= 0.6 is 0 Å². The van der Waals surface area contributed by atoms with Gasteiger partial charge in [-0.05, 0) is 42.5 Å². The summed E-state index contributed by atoms with van der Waals surface area (Å²) in [5.41, 5.74) is 8.98. The summed E-state index contributed by atoms with van der Waals surface area (Å²) in [5.74, 6) is -0.181. The maximum absolute atomic E-state index is 13.4. The van der Waals surface area contributed by atoms with E-state index in [-0.39, 0.29) is 17.3 Å². The molecule has 21 heavy (non-hydrogen) atoms. The maximum atomic E-state index is 13.4. The van der Waals surface area contributed by atoms with Gasteiger partial charge in [0.15, 0.2) is 0 Å². The minimum absolute atomic E-state index is 0.0317. The average Bonchev–Trinajstić information content (AvgIpc) is 2.99. The summed E-state index contributed by atoms with van der Waals surface area (Å²) in [5, 5.41) is 0. The van der Waals surface area contributed by atoms with Crippen molar-refractivity contribution in [1.82, 2.24) is 0 Å².